The van der Waals surface area contributed by atoms with Crippen molar-refractivity contribution in [2.75, 3.05) is 26.4 Å². The van der Waals surface area contributed by atoms with E-state index < -0.39 is 61.9 Å². The van der Waals surface area contributed by atoms with Gasteiger partial charge in [0.15, 0.2) is 0 Å². The van der Waals surface area contributed by atoms with Gasteiger partial charge in [0.25, 0.3) is 20.0 Å². The summed E-state index contributed by atoms with van der Waals surface area (Å²) in [5.74, 6) is 0.577. The van der Waals surface area contributed by atoms with E-state index >= 15 is 4.39 Å². The summed E-state index contributed by atoms with van der Waals surface area (Å²) in [6.07, 6.45) is 5.63. The Morgan fingerprint density at radius 2 is 1.07 bits per heavy atom. The number of ether oxygens (including phenoxy) is 3. The number of benzene rings is 2. The SMILES string of the molecule is Cc1nccn1Cc1ccc(-c2cc(CC(C)C)sc2S(=O)(=O)NC(=O)OCCO)cc1F.Cc1nccn1Cc1ccc(-c2cc(CC(C)C)sc2S(=O)(=O)NC(=O)OCCOC(=O)C(C)(C)C)cc1F. The van der Waals surface area contributed by atoms with Crippen LogP contribution in [0.2, 0.25) is 0 Å². The van der Waals surface area contributed by atoms with E-state index in [2.05, 4.69) is 14.7 Å². The number of amides is 2. The smallest absolute Gasteiger partial charge is 0.421 e. The Hall–Kier alpha value is -6.01. The van der Waals surface area contributed by atoms with E-state index in [4.69, 9.17) is 14.6 Å². The van der Waals surface area contributed by atoms with Gasteiger partial charge in [0.2, 0.25) is 0 Å². The molecule has 0 bridgehead atoms. The summed E-state index contributed by atoms with van der Waals surface area (Å²) in [5, 5.41) is 8.76. The van der Waals surface area contributed by atoms with Crippen LogP contribution in [-0.2, 0) is 65.0 Å². The van der Waals surface area contributed by atoms with Gasteiger partial charge in [-0.25, -0.2) is 54.6 Å². The minimum absolute atomic E-state index is 0.100. The number of aliphatic hydroxyl groups is 1. The standard InChI is InChI=1S/C27H34FN3O6S2.C22H26FN3O5S2/c1-17(2)13-21-15-22(19-7-8-20(23(28)14-19)16-31-10-9-29-18(31)3)24(38-21)39(34,35)30-26(33)37-12-11-36-25(32)27(4,5)6;1-14(2)10-18-12-19(21(32-18)33(29,30)25-22(28)31-9-8-27)16-4-5-17(20(23)11-16)13-26-7-6-24-15(26)3/h7-10,14-15,17H,11-13,16H2,1-6H3,(H,30,33);4-7,11-12,14,27H,8-10,13H2,1-3H3,(H,25,28). The van der Waals surface area contributed by atoms with Crippen LogP contribution in [0.1, 0.15) is 81.0 Å². The maximum atomic E-state index is 15.1. The highest BCUT2D eigenvalue weighted by molar-refractivity contribution is 7.92. The second-order valence-corrected chi connectivity index (χ2v) is 24.5. The van der Waals surface area contributed by atoms with E-state index in [0.29, 0.717) is 52.8 Å². The Bertz CT molecular complexity index is 3080. The molecule has 0 aliphatic carbocycles. The van der Waals surface area contributed by atoms with Gasteiger partial charge in [-0.15, -0.1) is 22.7 Å². The molecule has 17 nitrogen and oxygen atoms in total. The Labute approximate surface area is 426 Å². The van der Waals surface area contributed by atoms with E-state index in [1.807, 2.05) is 51.0 Å². The number of thiophene rings is 2. The maximum absolute atomic E-state index is 15.1. The molecule has 3 N–H and O–H groups in total. The summed E-state index contributed by atoms with van der Waals surface area (Å²) in [4.78, 5) is 45.7. The molecule has 23 heteroatoms. The number of hydrogen-bond acceptors (Lipinski definition) is 15. The van der Waals surface area contributed by atoms with Crippen LogP contribution < -0.4 is 9.44 Å². The van der Waals surface area contributed by atoms with Gasteiger partial charge in [0.1, 0.15) is 51.5 Å². The zero-order valence-corrected chi connectivity index (χ0v) is 44.7. The summed E-state index contributed by atoms with van der Waals surface area (Å²) in [7, 11) is -8.62. The van der Waals surface area contributed by atoms with Gasteiger partial charge in [-0.05, 0) is 94.7 Å². The van der Waals surface area contributed by atoms with Gasteiger partial charge in [-0.1, -0.05) is 52.0 Å². The quantitative estimate of drug-likeness (QED) is 0.0391. The van der Waals surface area contributed by atoms with Crippen LogP contribution in [0.3, 0.4) is 0 Å². The predicted octanol–water partition coefficient (Wildman–Crippen LogP) is 9.02. The van der Waals surface area contributed by atoms with Crippen LogP contribution in [0.4, 0.5) is 18.4 Å². The number of esters is 1. The molecule has 0 spiro atoms. The first-order chi connectivity index (χ1) is 33.8. The van der Waals surface area contributed by atoms with Gasteiger partial charge < -0.3 is 28.5 Å². The third-order valence-corrected chi connectivity index (χ3v) is 16.4. The summed E-state index contributed by atoms with van der Waals surface area (Å²) in [6, 6.07) is 12.6. The summed E-state index contributed by atoms with van der Waals surface area (Å²) < 4.78 is 104. The number of hydrogen-bond donors (Lipinski definition) is 3. The Kier molecular flexibility index (Phi) is 19.4. The van der Waals surface area contributed by atoms with E-state index in [1.54, 1.807) is 91.1 Å². The lowest BCUT2D eigenvalue weighted by molar-refractivity contribution is -0.153. The molecule has 0 atom stereocenters. The second kappa shape index (κ2) is 24.6. The number of carbonyl (C=O) groups excluding carboxylic acids is 3. The van der Waals surface area contributed by atoms with Crippen LogP contribution >= 0.6 is 22.7 Å². The highest BCUT2D eigenvalue weighted by Crippen LogP contribution is 2.39. The van der Waals surface area contributed by atoms with Crippen molar-refractivity contribution in [3.8, 4) is 22.3 Å². The largest absolute Gasteiger partial charge is 0.462 e. The molecule has 0 aliphatic heterocycles. The molecular weight excluding hydrogens is 1010 g/mol. The van der Waals surface area contributed by atoms with Crippen LogP contribution in [0, 0.1) is 42.7 Å². The number of carbonyl (C=O) groups is 3. The first kappa shape index (κ1) is 56.9. The minimum Gasteiger partial charge on any atom is -0.462 e. The second-order valence-electron chi connectivity index (χ2n) is 18.4. The molecule has 0 aliphatic rings. The molecule has 2 amide bonds. The van der Waals surface area contributed by atoms with E-state index in [0.717, 1.165) is 44.1 Å². The molecule has 0 fully saturated rings. The third kappa shape index (κ3) is 15.7. The highest BCUT2D eigenvalue weighted by atomic mass is 32.3. The van der Waals surface area contributed by atoms with E-state index in [9.17, 15) is 35.6 Å². The first-order valence-corrected chi connectivity index (χ1v) is 27.3. The molecule has 0 saturated carbocycles. The predicted molar refractivity (Wildman–Crippen MR) is 269 cm³/mol. The maximum Gasteiger partial charge on any atom is 0.421 e. The van der Waals surface area contributed by atoms with Crippen molar-refractivity contribution in [1.82, 2.24) is 28.5 Å². The molecule has 4 aromatic heterocycles. The lowest BCUT2D eigenvalue weighted by Crippen LogP contribution is -2.32. The van der Waals surface area contributed by atoms with Crippen molar-refractivity contribution in [3.63, 3.8) is 0 Å². The molecule has 0 saturated heterocycles. The van der Waals surface area contributed by atoms with E-state index in [-0.39, 0.29) is 46.6 Å². The Balaban J connectivity index is 0.000000271. The average Bonchev–Trinajstić information content (AvgIpc) is 4.10. The lowest BCUT2D eigenvalue weighted by atomic mass is 9.97. The molecule has 0 unspecified atom stereocenters. The summed E-state index contributed by atoms with van der Waals surface area (Å²) in [6.45, 7) is 16.0. The summed E-state index contributed by atoms with van der Waals surface area (Å²) in [5.41, 5.74) is 1.50. The van der Waals surface area contributed by atoms with Crippen LogP contribution in [0.15, 0.2) is 81.7 Å². The molecule has 6 rings (SSSR count). The fraction of sp³-hybridized carbons (Fsp3) is 0.408. The molecule has 6 aromatic rings. The minimum atomic E-state index is -4.35. The number of rotatable bonds is 19. The molecule has 4 heterocycles. The van der Waals surface area contributed by atoms with Gasteiger partial charge in [0.05, 0.1) is 25.1 Å². The lowest BCUT2D eigenvalue weighted by Gasteiger charge is -2.16. The zero-order chi connectivity index (χ0) is 53.1. The fourth-order valence-electron chi connectivity index (χ4n) is 6.84. The molecule has 0 radical (unpaired) electrons. The fourth-order valence-corrected chi connectivity index (χ4v) is 12.5. The van der Waals surface area contributed by atoms with Crippen LogP contribution in [0.5, 0.6) is 0 Å². The van der Waals surface area contributed by atoms with Crippen molar-refractivity contribution >= 4 is 60.9 Å². The number of nitrogens with zero attached hydrogens (tertiary/aromatic N) is 4. The molecule has 2 aromatic carbocycles. The van der Waals surface area contributed by atoms with Gasteiger partial charge in [-0.2, -0.15) is 0 Å². The van der Waals surface area contributed by atoms with Crippen molar-refractivity contribution in [2.24, 2.45) is 17.3 Å². The number of aliphatic hydroxyl groups excluding tert-OH is 1. The van der Waals surface area contributed by atoms with Gasteiger partial charge in [0, 0.05) is 56.8 Å². The number of sulfonamides is 2. The molecule has 72 heavy (non-hydrogen) atoms. The van der Waals surface area contributed by atoms with Crippen molar-refractivity contribution in [1.29, 1.82) is 0 Å². The van der Waals surface area contributed by atoms with Crippen molar-refractivity contribution < 1.29 is 59.3 Å². The summed E-state index contributed by atoms with van der Waals surface area (Å²) >= 11 is 2.05. The monoisotopic (exact) mass is 1070 g/mol. The number of halogens is 2. The average molecular weight is 1080 g/mol. The van der Waals surface area contributed by atoms with Gasteiger partial charge >= 0.3 is 18.2 Å². The Morgan fingerprint density at radius 1 is 0.667 bits per heavy atom. The Morgan fingerprint density at radius 3 is 1.42 bits per heavy atom. The van der Waals surface area contributed by atoms with Crippen LogP contribution in [-0.4, -0.2) is 85.6 Å². The number of nitrogens with one attached hydrogen (secondary N) is 2. The number of aryl methyl sites for hydroxylation is 2. The van der Waals surface area contributed by atoms with Crippen molar-refractivity contribution in [3.05, 3.63) is 117 Å². The number of aromatic nitrogens is 4. The van der Waals surface area contributed by atoms with Gasteiger partial charge in [-0.3, -0.25) is 4.79 Å². The highest BCUT2D eigenvalue weighted by Gasteiger charge is 2.29. The first-order valence-electron chi connectivity index (χ1n) is 22.7. The molecule has 390 valence electrons. The normalized spacial score (nSPS) is 11.9. The number of imidazole rings is 2. The van der Waals surface area contributed by atoms with Crippen LogP contribution in [0.25, 0.3) is 22.3 Å². The third-order valence-electron chi connectivity index (χ3n) is 10.4. The van der Waals surface area contributed by atoms with E-state index in [1.165, 1.54) is 12.1 Å². The van der Waals surface area contributed by atoms with Crippen molar-refractivity contribution in [2.45, 2.75) is 96.7 Å². The molecular formula is C49H60F2N6O11S4. The topological polar surface area (TPSA) is 227 Å². The zero-order valence-electron chi connectivity index (χ0n) is 41.4.